The molecule has 2 atom stereocenters. The standard InChI is InChI=1S/C16H21ClN2O3/c1-11(16(22)12-4-6-13(17)7-5-12)18-14(20)8-10-19-9-2-3-15(19)21/h4-7,11,16,22H,2-3,8-10H2,1H3,(H,18,20). The highest BCUT2D eigenvalue weighted by Gasteiger charge is 2.22. The van der Waals surface area contributed by atoms with Gasteiger partial charge in [0.15, 0.2) is 0 Å². The number of halogens is 1. The van der Waals surface area contributed by atoms with Crippen molar-refractivity contribution in [2.24, 2.45) is 0 Å². The lowest BCUT2D eigenvalue weighted by Gasteiger charge is -2.21. The van der Waals surface area contributed by atoms with E-state index in [9.17, 15) is 14.7 Å². The number of likely N-dealkylation sites (tertiary alicyclic amines) is 1. The third kappa shape index (κ3) is 4.45. The summed E-state index contributed by atoms with van der Waals surface area (Å²) in [6.45, 7) is 2.92. The van der Waals surface area contributed by atoms with E-state index in [0.717, 1.165) is 13.0 Å². The minimum Gasteiger partial charge on any atom is -0.386 e. The van der Waals surface area contributed by atoms with Gasteiger partial charge >= 0.3 is 0 Å². The molecule has 1 aliphatic rings. The molecule has 1 aromatic carbocycles. The quantitative estimate of drug-likeness (QED) is 0.839. The molecular weight excluding hydrogens is 304 g/mol. The Morgan fingerprint density at radius 3 is 2.68 bits per heavy atom. The van der Waals surface area contributed by atoms with Crippen molar-refractivity contribution < 1.29 is 14.7 Å². The highest BCUT2D eigenvalue weighted by Crippen LogP contribution is 2.19. The van der Waals surface area contributed by atoms with Crippen LogP contribution < -0.4 is 5.32 Å². The normalized spacial score (nSPS) is 17.4. The number of aliphatic hydroxyl groups is 1. The van der Waals surface area contributed by atoms with E-state index in [-0.39, 0.29) is 18.2 Å². The molecule has 120 valence electrons. The van der Waals surface area contributed by atoms with Gasteiger partial charge in [-0.05, 0) is 31.0 Å². The van der Waals surface area contributed by atoms with E-state index in [1.807, 2.05) is 0 Å². The summed E-state index contributed by atoms with van der Waals surface area (Å²) in [5.41, 5.74) is 0.701. The minimum atomic E-state index is -0.797. The Hall–Kier alpha value is -1.59. The van der Waals surface area contributed by atoms with Gasteiger partial charge < -0.3 is 15.3 Å². The molecule has 1 saturated heterocycles. The van der Waals surface area contributed by atoms with Crippen LogP contribution in [0.1, 0.15) is 37.9 Å². The van der Waals surface area contributed by atoms with E-state index < -0.39 is 12.1 Å². The monoisotopic (exact) mass is 324 g/mol. The molecule has 6 heteroatoms. The molecule has 0 radical (unpaired) electrons. The Kier molecular flexibility index (Phi) is 5.80. The molecule has 0 spiro atoms. The van der Waals surface area contributed by atoms with Crippen LogP contribution in [0.4, 0.5) is 0 Å². The largest absolute Gasteiger partial charge is 0.386 e. The van der Waals surface area contributed by atoms with Crippen molar-refractivity contribution in [2.45, 2.75) is 38.3 Å². The van der Waals surface area contributed by atoms with Crippen molar-refractivity contribution in [2.75, 3.05) is 13.1 Å². The molecule has 0 aliphatic carbocycles. The molecule has 22 heavy (non-hydrogen) atoms. The first-order valence-electron chi connectivity index (χ1n) is 7.48. The van der Waals surface area contributed by atoms with Crippen LogP contribution in [0.15, 0.2) is 24.3 Å². The van der Waals surface area contributed by atoms with E-state index in [0.29, 0.717) is 23.6 Å². The third-order valence-corrected chi connectivity index (χ3v) is 4.11. The summed E-state index contributed by atoms with van der Waals surface area (Å²) in [4.78, 5) is 25.1. The van der Waals surface area contributed by atoms with E-state index in [2.05, 4.69) is 5.32 Å². The topological polar surface area (TPSA) is 69.6 Å². The first-order chi connectivity index (χ1) is 10.5. The second-order valence-corrected chi connectivity index (χ2v) is 6.02. The summed E-state index contributed by atoms with van der Waals surface area (Å²) >= 11 is 5.81. The fraction of sp³-hybridized carbons (Fsp3) is 0.500. The molecular formula is C16H21ClN2O3. The molecule has 1 fully saturated rings. The predicted octanol–water partition coefficient (Wildman–Crippen LogP) is 1.89. The number of amides is 2. The predicted molar refractivity (Wildman–Crippen MR) is 84.4 cm³/mol. The molecule has 5 nitrogen and oxygen atoms in total. The Labute approximate surface area is 135 Å². The SMILES string of the molecule is CC(NC(=O)CCN1CCCC1=O)C(O)c1ccc(Cl)cc1. The Morgan fingerprint density at radius 2 is 2.09 bits per heavy atom. The van der Waals surface area contributed by atoms with Crippen LogP contribution >= 0.6 is 11.6 Å². The molecule has 2 N–H and O–H groups in total. The zero-order valence-corrected chi connectivity index (χ0v) is 13.3. The fourth-order valence-corrected chi connectivity index (χ4v) is 2.66. The van der Waals surface area contributed by atoms with Gasteiger partial charge in [0.05, 0.1) is 12.1 Å². The lowest BCUT2D eigenvalue weighted by Crippen LogP contribution is -2.39. The van der Waals surface area contributed by atoms with Crippen molar-refractivity contribution in [3.8, 4) is 0 Å². The van der Waals surface area contributed by atoms with Crippen LogP contribution in [-0.2, 0) is 9.59 Å². The van der Waals surface area contributed by atoms with E-state index in [4.69, 9.17) is 11.6 Å². The third-order valence-electron chi connectivity index (χ3n) is 3.85. The number of carbonyl (C=O) groups excluding carboxylic acids is 2. The molecule has 2 unspecified atom stereocenters. The van der Waals surface area contributed by atoms with E-state index in [1.54, 1.807) is 36.1 Å². The number of hydrogen-bond donors (Lipinski definition) is 2. The molecule has 1 aromatic rings. The van der Waals surface area contributed by atoms with Gasteiger partial charge in [-0.1, -0.05) is 23.7 Å². The van der Waals surface area contributed by atoms with Gasteiger partial charge in [0.1, 0.15) is 0 Å². The number of nitrogens with zero attached hydrogens (tertiary/aromatic N) is 1. The number of aliphatic hydroxyl groups excluding tert-OH is 1. The van der Waals surface area contributed by atoms with Gasteiger partial charge in [-0.3, -0.25) is 9.59 Å². The number of nitrogens with one attached hydrogen (secondary N) is 1. The second kappa shape index (κ2) is 7.61. The molecule has 0 saturated carbocycles. The lowest BCUT2D eigenvalue weighted by molar-refractivity contribution is -0.128. The number of carbonyl (C=O) groups is 2. The smallest absolute Gasteiger partial charge is 0.222 e. The van der Waals surface area contributed by atoms with Crippen LogP contribution in [0.3, 0.4) is 0 Å². The molecule has 0 bridgehead atoms. The first-order valence-corrected chi connectivity index (χ1v) is 7.86. The number of rotatable bonds is 6. The van der Waals surface area contributed by atoms with Crippen LogP contribution in [0.25, 0.3) is 0 Å². The summed E-state index contributed by atoms with van der Waals surface area (Å²) in [7, 11) is 0. The van der Waals surface area contributed by atoms with Gasteiger partial charge in [0.25, 0.3) is 0 Å². The van der Waals surface area contributed by atoms with Crippen molar-refractivity contribution in [3.63, 3.8) is 0 Å². The summed E-state index contributed by atoms with van der Waals surface area (Å²) < 4.78 is 0. The highest BCUT2D eigenvalue weighted by molar-refractivity contribution is 6.30. The van der Waals surface area contributed by atoms with Crippen molar-refractivity contribution in [3.05, 3.63) is 34.9 Å². The van der Waals surface area contributed by atoms with Gasteiger partial charge in [-0.15, -0.1) is 0 Å². The van der Waals surface area contributed by atoms with Crippen molar-refractivity contribution in [1.82, 2.24) is 10.2 Å². The number of benzene rings is 1. The Balaban J connectivity index is 1.80. The molecule has 1 aliphatic heterocycles. The zero-order chi connectivity index (χ0) is 16.1. The van der Waals surface area contributed by atoms with Crippen LogP contribution in [0.5, 0.6) is 0 Å². The average Bonchev–Trinajstić information content (AvgIpc) is 2.90. The maximum absolute atomic E-state index is 11.9. The molecule has 2 rings (SSSR count). The molecule has 2 amide bonds. The van der Waals surface area contributed by atoms with Crippen LogP contribution in [0, 0.1) is 0 Å². The molecule has 0 aromatic heterocycles. The van der Waals surface area contributed by atoms with E-state index >= 15 is 0 Å². The van der Waals surface area contributed by atoms with Gasteiger partial charge in [-0.2, -0.15) is 0 Å². The molecule has 1 heterocycles. The second-order valence-electron chi connectivity index (χ2n) is 5.59. The number of hydrogen-bond acceptors (Lipinski definition) is 3. The summed E-state index contributed by atoms with van der Waals surface area (Å²) in [6, 6.07) is 6.46. The maximum atomic E-state index is 11.9. The minimum absolute atomic E-state index is 0.113. The Morgan fingerprint density at radius 1 is 1.41 bits per heavy atom. The van der Waals surface area contributed by atoms with Crippen LogP contribution in [-0.4, -0.2) is 41.0 Å². The average molecular weight is 325 g/mol. The summed E-state index contributed by atoms with van der Waals surface area (Å²) in [5.74, 6) is -0.0535. The van der Waals surface area contributed by atoms with Gasteiger partial charge in [0, 0.05) is 31.0 Å². The highest BCUT2D eigenvalue weighted by atomic mass is 35.5. The maximum Gasteiger partial charge on any atom is 0.222 e. The fourth-order valence-electron chi connectivity index (χ4n) is 2.53. The van der Waals surface area contributed by atoms with Gasteiger partial charge in [-0.25, -0.2) is 0 Å². The van der Waals surface area contributed by atoms with Gasteiger partial charge in [0.2, 0.25) is 11.8 Å². The lowest BCUT2D eigenvalue weighted by atomic mass is 10.0. The van der Waals surface area contributed by atoms with Crippen LogP contribution in [0.2, 0.25) is 5.02 Å². The first kappa shape index (κ1) is 16.8. The summed E-state index contributed by atoms with van der Waals surface area (Å²) in [5, 5.41) is 13.6. The van der Waals surface area contributed by atoms with Crippen molar-refractivity contribution >= 4 is 23.4 Å². The van der Waals surface area contributed by atoms with Crippen molar-refractivity contribution in [1.29, 1.82) is 0 Å². The zero-order valence-electron chi connectivity index (χ0n) is 12.6. The summed E-state index contributed by atoms with van der Waals surface area (Å²) in [6.07, 6.45) is 0.901. The van der Waals surface area contributed by atoms with E-state index in [1.165, 1.54) is 0 Å². The Bertz CT molecular complexity index is 533.